The van der Waals surface area contributed by atoms with Crippen LogP contribution in [0.5, 0.6) is 10.9 Å². The lowest BCUT2D eigenvalue weighted by molar-refractivity contribution is 0.0931. The number of benzene rings is 1. The number of nitrogens with zero attached hydrogens (tertiary/aromatic N) is 2. The molecule has 2 aromatic rings. The minimum absolute atomic E-state index is 0.0464. The van der Waals surface area contributed by atoms with E-state index in [1.165, 1.54) is 6.42 Å². The smallest absolute Gasteiger partial charge is 0.300 e. The highest BCUT2D eigenvalue weighted by atomic mass is 35.5. The number of nitrogens with one attached hydrogen (secondary N) is 2. The van der Waals surface area contributed by atoms with Crippen molar-refractivity contribution in [1.82, 2.24) is 20.8 Å². The maximum atomic E-state index is 12.3. The zero-order valence-corrected chi connectivity index (χ0v) is 13.7. The monoisotopic (exact) mass is 350 g/mol. The summed E-state index contributed by atoms with van der Waals surface area (Å²) < 4.78 is 5.86. The van der Waals surface area contributed by atoms with E-state index in [4.69, 9.17) is 16.3 Å². The van der Waals surface area contributed by atoms with Crippen molar-refractivity contribution < 1.29 is 9.53 Å². The van der Waals surface area contributed by atoms with E-state index < -0.39 is 0 Å². The van der Waals surface area contributed by atoms with Crippen molar-refractivity contribution in [2.75, 3.05) is 0 Å². The number of carbonyl (C=O) groups excluding carboxylic acids is 1. The number of carbonyl (C=O) groups is 1. The number of ether oxygens (including phenoxy) is 1. The Bertz CT molecular complexity index is 721. The number of amides is 1. The lowest BCUT2D eigenvalue weighted by atomic mass is 9.95. The first-order valence-corrected chi connectivity index (χ1v) is 8.70. The Balaban J connectivity index is 1.38. The van der Waals surface area contributed by atoms with Gasteiger partial charge in [-0.05, 0) is 66.5 Å². The third-order valence-electron chi connectivity index (χ3n) is 4.32. The van der Waals surface area contributed by atoms with Gasteiger partial charge in [-0.1, -0.05) is 5.10 Å². The number of aromatic nitrogens is 2. The largest absolute Gasteiger partial charge is 0.430 e. The summed E-state index contributed by atoms with van der Waals surface area (Å²) in [4.78, 5) is 12.3. The summed E-state index contributed by atoms with van der Waals surface area (Å²) in [6.07, 6.45) is 3.39. The molecule has 2 aliphatic rings. The molecule has 0 saturated carbocycles. The normalized spacial score (nSPS) is 25.5. The Morgan fingerprint density at radius 3 is 2.74 bits per heavy atom. The maximum Gasteiger partial charge on any atom is 0.300 e. The summed E-state index contributed by atoms with van der Waals surface area (Å²) in [7, 11) is 0. The molecule has 23 heavy (non-hydrogen) atoms. The molecule has 2 saturated heterocycles. The molecule has 120 valence electrons. The summed E-state index contributed by atoms with van der Waals surface area (Å²) in [6.45, 7) is 0. The van der Waals surface area contributed by atoms with Crippen molar-refractivity contribution in [2.24, 2.45) is 0 Å². The molecule has 4 rings (SSSR count). The molecule has 8 heteroatoms. The summed E-state index contributed by atoms with van der Waals surface area (Å²) in [5.74, 6) is 0.547. The van der Waals surface area contributed by atoms with Crippen LogP contribution in [-0.4, -0.2) is 34.2 Å². The Kier molecular flexibility index (Phi) is 3.92. The topological polar surface area (TPSA) is 76.1 Å². The predicted molar refractivity (Wildman–Crippen MR) is 87.3 cm³/mol. The molecule has 6 nitrogen and oxygen atoms in total. The lowest BCUT2D eigenvalue weighted by Gasteiger charge is -2.21. The van der Waals surface area contributed by atoms with Crippen molar-refractivity contribution in [3.8, 4) is 10.9 Å². The number of hydrogen-bond acceptors (Lipinski definition) is 6. The standard InChI is InChI=1S/C15H15ClN4O2S/c16-14-19-20-15(23-14)22-10-4-1-8(2-5-10)13(21)18-12-7-9-3-6-11(12)17-9/h1-2,4-5,9,11-12,17H,3,6-7H2,(H,18,21)/t9-,11+,12-/m1/s1. The van der Waals surface area contributed by atoms with Crippen molar-refractivity contribution in [3.63, 3.8) is 0 Å². The average molecular weight is 351 g/mol. The van der Waals surface area contributed by atoms with Gasteiger partial charge >= 0.3 is 5.19 Å². The van der Waals surface area contributed by atoms with E-state index in [0.717, 1.165) is 24.2 Å². The fraction of sp³-hybridized carbons (Fsp3) is 0.400. The summed E-state index contributed by atoms with van der Waals surface area (Å²) in [6, 6.07) is 8.20. The Labute approximate surface area is 142 Å². The van der Waals surface area contributed by atoms with Crippen LogP contribution < -0.4 is 15.4 Å². The van der Waals surface area contributed by atoms with Gasteiger partial charge in [0.2, 0.25) is 4.47 Å². The summed E-state index contributed by atoms with van der Waals surface area (Å²) in [5, 5.41) is 14.5. The van der Waals surface area contributed by atoms with Crippen molar-refractivity contribution in [1.29, 1.82) is 0 Å². The van der Waals surface area contributed by atoms with Crippen LogP contribution in [-0.2, 0) is 0 Å². The van der Waals surface area contributed by atoms with Gasteiger partial charge in [0.1, 0.15) is 5.75 Å². The van der Waals surface area contributed by atoms with Crippen LogP contribution >= 0.6 is 22.9 Å². The van der Waals surface area contributed by atoms with Crippen LogP contribution in [0.1, 0.15) is 29.6 Å². The van der Waals surface area contributed by atoms with E-state index in [9.17, 15) is 4.79 Å². The second-order valence-electron chi connectivity index (χ2n) is 5.81. The van der Waals surface area contributed by atoms with Gasteiger partial charge in [0.05, 0.1) is 0 Å². The van der Waals surface area contributed by atoms with Gasteiger partial charge in [0.15, 0.2) is 0 Å². The second kappa shape index (κ2) is 6.07. The Morgan fingerprint density at radius 1 is 1.30 bits per heavy atom. The Morgan fingerprint density at radius 2 is 2.13 bits per heavy atom. The van der Waals surface area contributed by atoms with Crippen LogP contribution in [0.15, 0.2) is 24.3 Å². The van der Waals surface area contributed by atoms with E-state index in [2.05, 4.69) is 20.8 Å². The molecular weight excluding hydrogens is 336 g/mol. The number of fused-ring (bicyclic) bond motifs is 2. The molecule has 3 atom stereocenters. The molecule has 2 bridgehead atoms. The predicted octanol–water partition coefficient (Wildman–Crippen LogP) is 2.61. The van der Waals surface area contributed by atoms with Gasteiger partial charge in [0.25, 0.3) is 5.91 Å². The molecule has 0 aliphatic carbocycles. The zero-order chi connectivity index (χ0) is 15.8. The first kappa shape index (κ1) is 14.9. The van der Waals surface area contributed by atoms with Gasteiger partial charge < -0.3 is 15.4 Å². The maximum absolute atomic E-state index is 12.3. The van der Waals surface area contributed by atoms with Crippen LogP contribution in [0.2, 0.25) is 4.47 Å². The number of hydrogen-bond donors (Lipinski definition) is 2. The molecule has 2 fully saturated rings. The van der Waals surface area contributed by atoms with E-state index >= 15 is 0 Å². The van der Waals surface area contributed by atoms with Gasteiger partial charge in [-0.2, -0.15) is 0 Å². The fourth-order valence-electron chi connectivity index (χ4n) is 3.24. The Hall–Kier alpha value is -1.70. The van der Waals surface area contributed by atoms with Crippen LogP contribution in [0.25, 0.3) is 0 Å². The van der Waals surface area contributed by atoms with Gasteiger partial charge in [-0.25, -0.2) is 0 Å². The van der Waals surface area contributed by atoms with E-state index in [0.29, 0.717) is 33.1 Å². The van der Waals surface area contributed by atoms with E-state index in [1.807, 2.05) is 0 Å². The molecule has 1 amide bonds. The molecule has 2 aliphatic heterocycles. The molecular formula is C15H15ClN4O2S. The number of rotatable bonds is 4. The minimum Gasteiger partial charge on any atom is -0.430 e. The molecule has 1 aromatic carbocycles. The SMILES string of the molecule is O=C(N[C@@H]1C[C@H]2CC[C@@H]1N2)c1ccc(Oc2nnc(Cl)s2)cc1. The van der Waals surface area contributed by atoms with Gasteiger partial charge in [0, 0.05) is 23.7 Å². The highest BCUT2D eigenvalue weighted by Gasteiger charge is 2.39. The third-order valence-corrected chi connectivity index (χ3v) is 5.22. The van der Waals surface area contributed by atoms with Crippen LogP contribution in [0, 0.1) is 0 Å². The highest BCUT2D eigenvalue weighted by Crippen LogP contribution is 2.29. The van der Waals surface area contributed by atoms with Crippen molar-refractivity contribution in [3.05, 3.63) is 34.3 Å². The van der Waals surface area contributed by atoms with Gasteiger partial charge in [-0.3, -0.25) is 4.79 Å². The van der Waals surface area contributed by atoms with Crippen LogP contribution in [0.3, 0.4) is 0 Å². The third kappa shape index (κ3) is 3.17. The molecule has 0 radical (unpaired) electrons. The summed E-state index contributed by atoms with van der Waals surface area (Å²) >= 11 is 6.86. The highest BCUT2D eigenvalue weighted by molar-refractivity contribution is 7.17. The zero-order valence-electron chi connectivity index (χ0n) is 12.2. The molecule has 2 N–H and O–H groups in total. The van der Waals surface area contributed by atoms with E-state index in [-0.39, 0.29) is 11.9 Å². The fourth-order valence-corrected chi connectivity index (χ4v) is 3.93. The van der Waals surface area contributed by atoms with Crippen LogP contribution in [0.4, 0.5) is 0 Å². The summed E-state index contributed by atoms with van der Waals surface area (Å²) in [5.41, 5.74) is 0.621. The lowest BCUT2D eigenvalue weighted by Crippen LogP contribution is -2.42. The first-order valence-electron chi connectivity index (χ1n) is 7.51. The first-order chi connectivity index (χ1) is 11.2. The van der Waals surface area contributed by atoms with Gasteiger partial charge in [-0.15, -0.1) is 5.10 Å². The van der Waals surface area contributed by atoms with Crippen molar-refractivity contribution in [2.45, 2.75) is 37.4 Å². The minimum atomic E-state index is -0.0464. The number of halogens is 1. The molecule has 1 aromatic heterocycles. The average Bonchev–Trinajstić information content (AvgIpc) is 3.25. The van der Waals surface area contributed by atoms with E-state index in [1.54, 1.807) is 24.3 Å². The molecule has 3 heterocycles. The quantitative estimate of drug-likeness (QED) is 0.886. The molecule has 0 spiro atoms. The second-order valence-corrected chi connectivity index (χ2v) is 7.33. The van der Waals surface area contributed by atoms with Crippen molar-refractivity contribution >= 4 is 28.8 Å². The molecule has 0 unspecified atom stereocenters.